The lowest BCUT2D eigenvalue weighted by atomic mass is 9.96. The van der Waals surface area contributed by atoms with Crippen molar-refractivity contribution < 1.29 is 23.5 Å². The maximum Gasteiger partial charge on any atom is 0.411 e. The van der Waals surface area contributed by atoms with Gasteiger partial charge in [-0.2, -0.15) is 4.57 Å². The molecule has 1 aromatic heterocycles. The Hall–Kier alpha value is -2.51. The first-order valence-electron chi connectivity index (χ1n) is 10.4. The van der Waals surface area contributed by atoms with Crippen LogP contribution in [0.25, 0.3) is 11.3 Å². The van der Waals surface area contributed by atoms with Crippen molar-refractivity contribution in [2.75, 3.05) is 53.2 Å². The van der Waals surface area contributed by atoms with E-state index in [1.807, 2.05) is 6.07 Å². The van der Waals surface area contributed by atoms with Gasteiger partial charge in [0.05, 0.1) is 19.3 Å². The Morgan fingerprint density at radius 1 is 1.14 bits per heavy atom. The van der Waals surface area contributed by atoms with Gasteiger partial charge in [-0.05, 0) is 30.2 Å². The van der Waals surface area contributed by atoms with E-state index >= 15 is 0 Å². The number of fused-ring (bicyclic) bond motifs is 4. The molecule has 1 saturated heterocycles. The number of benzene rings is 1. The zero-order valence-electron chi connectivity index (χ0n) is 16.9. The number of hydrogen-bond donors (Lipinski definition) is 1. The third kappa shape index (κ3) is 3.60. The highest BCUT2D eigenvalue weighted by Gasteiger charge is 2.32. The van der Waals surface area contributed by atoms with E-state index in [2.05, 4.69) is 33.0 Å². The van der Waals surface area contributed by atoms with Gasteiger partial charge in [-0.1, -0.05) is 0 Å². The third-order valence-corrected chi connectivity index (χ3v) is 5.91. The number of rotatable bonds is 6. The van der Waals surface area contributed by atoms with Gasteiger partial charge < -0.3 is 29.2 Å². The van der Waals surface area contributed by atoms with E-state index in [0.717, 1.165) is 80.9 Å². The SMILES string of the molecule is COc1ccc2[n+](c1OCCCN1CCNCC1)CCc1cc3c(cc1-2)OCO3. The van der Waals surface area contributed by atoms with Crippen molar-refractivity contribution in [3.63, 3.8) is 0 Å². The Morgan fingerprint density at radius 2 is 1.97 bits per heavy atom. The Labute approximate surface area is 171 Å². The molecule has 1 aromatic carbocycles. The molecule has 154 valence electrons. The summed E-state index contributed by atoms with van der Waals surface area (Å²) in [6.07, 6.45) is 1.93. The predicted octanol–water partition coefficient (Wildman–Crippen LogP) is 1.61. The van der Waals surface area contributed by atoms with Crippen LogP contribution in [0.2, 0.25) is 0 Å². The van der Waals surface area contributed by atoms with Gasteiger partial charge in [-0.15, -0.1) is 0 Å². The number of hydrogen-bond acceptors (Lipinski definition) is 6. The molecule has 0 amide bonds. The molecule has 1 N–H and O–H groups in total. The molecule has 0 saturated carbocycles. The Balaban J connectivity index is 1.36. The summed E-state index contributed by atoms with van der Waals surface area (Å²) in [6, 6.07) is 8.30. The minimum absolute atomic E-state index is 0.294. The first-order chi connectivity index (χ1) is 14.3. The van der Waals surface area contributed by atoms with E-state index in [1.54, 1.807) is 7.11 Å². The van der Waals surface area contributed by atoms with E-state index in [-0.39, 0.29) is 0 Å². The van der Waals surface area contributed by atoms with Crippen LogP contribution < -0.4 is 28.8 Å². The average molecular weight is 398 g/mol. The number of pyridine rings is 1. The molecular weight excluding hydrogens is 370 g/mol. The van der Waals surface area contributed by atoms with E-state index in [1.165, 1.54) is 11.1 Å². The molecule has 5 rings (SSSR count). The molecule has 0 radical (unpaired) electrons. The number of methoxy groups -OCH3 is 1. The van der Waals surface area contributed by atoms with E-state index in [9.17, 15) is 0 Å². The molecule has 29 heavy (non-hydrogen) atoms. The van der Waals surface area contributed by atoms with Crippen molar-refractivity contribution in [2.24, 2.45) is 0 Å². The van der Waals surface area contributed by atoms with Crippen LogP contribution in [0.3, 0.4) is 0 Å². The lowest BCUT2D eigenvalue weighted by Crippen LogP contribution is -2.44. The second-order valence-corrected chi connectivity index (χ2v) is 7.65. The molecule has 7 nitrogen and oxygen atoms in total. The summed E-state index contributed by atoms with van der Waals surface area (Å²) < 4.78 is 25.2. The van der Waals surface area contributed by atoms with Crippen LogP contribution in [0, 0.1) is 0 Å². The number of aromatic nitrogens is 1. The van der Waals surface area contributed by atoms with Crippen LogP contribution in [0.1, 0.15) is 12.0 Å². The number of nitrogens with one attached hydrogen (secondary N) is 1. The highest BCUT2D eigenvalue weighted by molar-refractivity contribution is 5.68. The second kappa shape index (κ2) is 8.08. The van der Waals surface area contributed by atoms with Crippen molar-refractivity contribution in [3.05, 3.63) is 29.8 Å². The summed E-state index contributed by atoms with van der Waals surface area (Å²) in [6.45, 7) is 7.28. The molecule has 0 bridgehead atoms. The monoisotopic (exact) mass is 398 g/mol. The van der Waals surface area contributed by atoms with Crippen molar-refractivity contribution in [1.82, 2.24) is 10.2 Å². The van der Waals surface area contributed by atoms with Crippen LogP contribution in [-0.2, 0) is 13.0 Å². The molecule has 0 unspecified atom stereocenters. The summed E-state index contributed by atoms with van der Waals surface area (Å²) in [5.41, 5.74) is 3.58. The molecule has 4 heterocycles. The van der Waals surface area contributed by atoms with Gasteiger partial charge in [0, 0.05) is 45.2 Å². The smallest absolute Gasteiger partial charge is 0.411 e. The van der Waals surface area contributed by atoms with Gasteiger partial charge in [-0.3, -0.25) is 0 Å². The number of ether oxygens (including phenoxy) is 4. The summed E-state index contributed by atoms with van der Waals surface area (Å²) >= 11 is 0. The zero-order valence-corrected chi connectivity index (χ0v) is 16.9. The van der Waals surface area contributed by atoms with Gasteiger partial charge in [0.15, 0.2) is 18.0 Å². The Morgan fingerprint density at radius 3 is 2.79 bits per heavy atom. The minimum Gasteiger partial charge on any atom is -0.488 e. The Kier molecular flexibility index (Phi) is 5.16. The van der Waals surface area contributed by atoms with Crippen molar-refractivity contribution in [1.29, 1.82) is 0 Å². The topological polar surface area (TPSA) is 56.1 Å². The van der Waals surface area contributed by atoms with Crippen molar-refractivity contribution >= 4 is 0 Å². The maximum atomic E-state index is 6.26. The predicted molar refractivity (Wildman–Crippen MR) is 108 cm³/mol. The van der Waals surface area contributed by atoms with Crippen molar-refractivity contribution in [3.8, 4) is 34.4 Å². The summed E-state index contributed by atoms with van der Waals surface area (Å²) in [5.74, 6) is 3.25. The lowest BCUT2D eigenvalue weighted by Gasteiger charge is -2.27. The molecule has 2 aromatic rings. The van der Waals surface area contributed by atoms with Crippen LogP contribution in [0.4, 0.5) is 0 Å². The molecule has 1 fully saturated rings. The molecule has 7 heteroatoms. The van der Waals surface area contributed by atoms with Gasteiger partial charge in [-0.25, -0.2) is 0 Å². The summed E-state index contributed by atoms with van der Waals surface area (Å²) in [7, 11) is 1.70. The van der Waals surface area contributed by atoms with Gasteiger partial charge in [0.25, 0.3) is 0 Å². The fraction of sp³-hybridized carbons (Fsp3) is 0.500. The highest BCUT2D eigenvalue weighted by atomic mass is 16.7. The molecule has 0 spiro atoms. The average Bonchev–Trinajstić information content (AvgIpc) is 3.23. The first kappa shape index (κ1) is 18.5. The summed E-state index contributed by atoms with van der Waals surface area (Å²) in [5, 5.41) is 3.39. The molecular formula is C22H28N3O4+. The lowest BCUT2D eigenvalue weighted by molar-refractivity contribution is -0.693. The van der Waals surface area contributed by atoms with Crippen LogP contribution in [0.15, 0.2) is 24.3 Å². The van der Waals surface area contributed by atoms with Crippen LogP contribution in [-0.4, -0.2) is 58.1 Å². The number of aryl methyl sites for hydroxylation is 1. The molecule has 0 atom stereocenters. The van der Waals surface area contributed by atoms with E-state index in [0.29, 0.717) is 13.4 Å². The fourth-order valence-electron chi connectivity index (χ4n) is 4.37. The largest absolute Gasteiger partial charge is 0.488 e. The normalized spacial score (nSPS) is 17.6. The fourth-order valence-corrected chi connectivity index (χ4v) is 4.37. The standard InChI is InChI=1S/C22H28N3O4/c1-26-19-4-3-18-17-14-21-20(28-15-29-21)13-16(17)5-9-25(18)22(19)27-12-2-8-24-10-6-23-7-11-24/h3-4,13-14,23H,2,5-12,15H2,1H3/q+1. The quantitative estimate of drug-likeness (QED) is 0.589. The van der Waals surface area contributed by atoms with Crippen LogP contribution in [0.5, 0.6) is 23.1 Å². The zero-order chi connectivity index (χ0) is 19.6. The highest BCUT2D eigenvalue weighted by Crippen LogP contribution is 2.40. The van der Waals surface area contributed by atoms with E-state index < -0.39 is 0 Å². The molecule has 0 aliphatic carbocycles. The van der Waals surface area contributed by atoms with Gasteiger partial charge in [0.2, 0.25) is 18.2 Å². The first-order valence-corrected chi connectivity index (χ1v) is 10.4. The van der Waals surface area contributed by atoms with Gasteiger partial charge in [0.1, 0.15) is 0 Å². The Bertz CT molecular complexity index is 896. The van der Waals surface area contributed by atoms with E-state index in [4.69, 9.17) is 18.9 Å². The summed E-state index contributed by atoms with van der Waals surface area (Å²) in [4.78, 5) is 2.49. The third-order valence-electron chi connectivity index (χ3n) is 5.91. The molecule has 3 aliphatic heterocycles. The number of nitrogens with zero attached hydrogens (tertiary/aromatic N) is 2. The molecule has 3 aliphatic rings. The maximum absolute atomic E-state index is 6.26. The number of piperazine rings is 1. The van der Waals surface area contributed by atoms with Crippen LogP contribution >= 0.6 is 0 Å². The second-order valence-electron chi connectivity index (χ2n) is 7.65. The van der Waals surface area contributed by atoms with Crippen molar-refractivity contribution in [2.45, 2.75) is 19.4 Å². The minimum atomic E-state index is 0.294. The van der Waals surface area contributed by atoms with Gasteiger partial charge >= 0.3 is 5.88 Å².